The number of carboxylic acid groups (broad SMARTS) is 1. The van der Waals surface area contributed by atoms with E-state index in [1.165, 1.54) is 15.6 Å². The van der Waals surface area contributed by atoms with Crippen molar-refractivity contribution in [2.75, 3.05) is 13.2 Å². The molecule has 1 fully saturated rings. The van der Waals surface area contributed by atoms with Gasteiger partial charge in [0, 0.05) is 6.54 Å². The minimum atomic E-state index is -3.65. The first kappa shape index (κ1) is 16.4. The van der Waals surface area contributed by atoms with Crippen molar-refractivity contribution >= 4 is 27.3 Å². The Bertz CT molecular complexity index is 635. The predicted molar refractivity (Wildman–Crippen MR) is 79.0 cm³/mol. The molecule has 1 aromatic rings. The number of morpholine rings is 1. The van der Waals surface area contributed by atoms with Gasteiger partial charge in [0.15, 0.2) is 0 Å². The Morgan fingerprint density at radius 3 is 2.76 bits per heavy atom. The highest BCUT2D eigenvalue weighted by atomic mass is 32.2. The predicted octanol–water partition coefficient (Wildman–Crippen LogP) is 1.70. The van der Waals surface area contributed by atoms with Crippen molar-refractivity contribution in [2.45, 2.75) is 43.0 Å². The molecule has 1 aliphatic heterocycles. The van der Waals surface area contributed by atoms with Gasteiger partial charge in [-0.3, -0.25) is 4.79 Å². The van der Waals surface area contributed by atoms with Crippen molar-refractivity contribution in [3.63, 3.8) is 0 Å². The standard InChI is InChI=1S/C13H19NO5S2/c1-9-4-5-20-12(9)21(17,18)14-7-10(6-11(15)16)19-8-13(14,2)3/h4-5,10H,6-8H2,1-3H3,(H,15,16). The number of sulfonamides is 1. The Labute approximate surface area is 128 Å². The van der Waals surface area contributed by atoms with Gasteiger partial charge in [-0.1, -0.05) is 0 Å². The Hall–Kier alpha value is -0.960. The third kappa shape index (κ3) is 3.28. The lowest BCUT2D eigenvalue weighted by atomic mass is 10.0. The van der Waals surface area contributed by atoms with Crippen LogP contribution in [0, 0.1) is 6.92 Å². The summed E-state index contributed by atoms with van der Waals surface area (Å²) in [6.45, 7) is 5.55. The zero-order chi connectivity index (χ0) is 15.8. The number of carbonyl (C=O) groups is 1. The normalized spacial score (nSPS) is 23.1. The molecule has 0 bridgehead atoms. The number of ether oxygens (including phenoxy) is 1. The average molecular weight is 333 g/mol. The number of thiophene rings is 1. The van der Waals surface area contributed by atoms with E-state index in [9.17, 15) is 13.2 Å². The van der Waals surface area contributed by atoms with Gasteiger partial charge >= 0.3 is 5.97 Å². The van der Waals surface area contributed by atoms with E-state index < -0.39 is 27.6 Å². The van der Waals surface area contributed by atoms with Gasteiger partial charge in [-0.15, -0.1) is 11.3 Å². The monoisotopic (exact) mass is 333 g/mol. The van der Waals surface area contributed by atoms with E-state index in [4.69, 9.17) is 9.84 Å². The Morgan fingerprint density at radius 2 is 2.24 bits per heavy atom. The third-order valence-electron chi connectivity index (χ3n) is 3.46. The molecule has 1 aromatic heterocycles. The van der Waals surface area contributed by atoms with Crippen molar-refractivity contribution in [1.82, 2.24) is 4.31 Å². The largest absolute Gasteiger partial charge is 0.481 e. The van der Waals surface area contributed by atoms with Crippen molar-refractivity contribution in [2.24, 2.45) is 0 Å². The number of hydrogen-bond donors (Lipinski definition) is 1. The van der Waals surface area contributed by atoms with Crippen LogP contribution < -0.4 is 0 Å². The van der Waals surface area contributed by atoms with Gasteiger partial charge in [-0.2, -0.15) is 4.31 Å². The van der Waals surface area contributed by atoms with Crippen LogP contribution in [0.3, 0.4) is 0 Å². The number of aryl methyl sites for hydroxylation is 1. The summed E-state index contributed by atoms with van der Waals surface area (Å²) < 4.78 is 32.9. The van der Waals surface area contributed by atoms with Crippen LogP contribution in [0.25, 0.3) is 0 Å². The molecule has 21 heavy (non-hydrogen) atoms. The van der Waals surface area contributed by atoms with Crippen LogP contribution >= 0.6 is 11.3 Å². The van der Waals surface area contributed by atoms with Gasteiger partial charge in [0.05, 0.1) is 24.7 Å². The van der Waals surface area contributed by atoms with Crippen LogP contribution in [0.15, 0.2) is 15.7 Å². The van der Waals surface area contributed by atoms with Crippen molar-refractivity contribution < 1.29 is 23.1 Å². The molecule has 1 N–H and O–H groups in total. The molecule has 0 spiro atoms. The molecule has 0 amide bonds. The highest BCUT2D eigenvalue weighted by Gasteiger charge is 2.44. The molecular weight excluding hydrogens is 314 g/mol. The van der Waals surface area contributed by atoms with Gasteiger partial charge in [-0.05, 0) is 37.8 Å². The second-order valence-electron chi connectivity index (χ2n) is 5.77. The number of rotatable bonds is 4. The van der Waals surface area contributed by atoms with E-state index in [1.807, 2.05) is 0 Å². The van der Waals surface area contributed by atoms with Gasteiger partial charge < -0.3 is 9.84 Å². The number of nitrogens with zero attached hydrogens (tertiary/aromatic N) is 1. The van der Waals surface area contributed by atoms with Crippen LogP contribution in [0.5, 0.6) is 0 Å². The first-order chi connectivity index (χ1) is 9.64. The molecule has 0 aromatic carbocycles. The Kier molecular flexibility index (Phi) is 4.44. The molecule has 1 saturated heterocycles. The zero-order valence-electron chi connectivity index (χ0n) is 12.2. The average Bonchev–Trinajstić information content (AvgIpc) is 2.77. The second kappa shape index (κ2) is 5.68. The van der Waals surface area contributed by atoms with Gasteiger partial charge in [0.1, 0.15) is 4.21 Å². The van der Waals surface area contributed by atoms with Gasteiger partial charge in [0.25, 0.3) is 10.0 Å². The molecule has 1 atom stereocenters. The number of aliphatic carboxylic acids is 1. The minimum Gasteiger partial charge on any atom is -0.481 e. The third-order valence-corrected chi connectivity index (χ3v) is 7.20. The lowest BCUT2D eigenvalue weighted by Crippen LogP contribution is -2.58. The summed E-state index contributed by atoms with van der Waals surface area (Å²) >= 11 is 1.18. The first-order valence-corrected chi connectivity index (χ1v) is 8.87. The van der Waals surface area contributed by atoms with Gasteiger partial charge in [0.2, 0.25) is 0 Å². The molecule has 0 radical (unpaired) electrons. The zero-order valence-corrected chi connectivity index (χ0v) is 13.8. The lowest BCUT2D eigenvalue weighted by molar-refractivity contribution is -0.143. The highest BCUT2D eigenvalue weighted by molar-refractivity contribution is 7.91. The topological polar surface area (TPSA) is 83.9 Å². The summed E-state index contributed by atoms with van der Waals surface area (Å²) in [7, 11) is -3.65. The minimum absolute atomic E-state index is 0.0545. The fraction of sp³-hybridized carbons (Fsp3) is 0.615. The quantitative estimate of drug-likeness (QED) is 0.906. The van der Waals surface area contributed by atoms with Crippen molar-refractivity contribution in [3.05, 3.63) is 17.0 Å². The van der Waals surface area contributed by atoms with Crippen molar-refractivity contribution in [1.29, 1.82) is 0 Å². The SMILES string of the molecule is Cc1ccsc1S(=O)(=O)N1CC(CC(=O)O)OCC1(C)C. The van der Waals surface area contributed by atoms with Crippen LogP contribution in [0.1, 0.15) is 25.8 Å². The number of carboxylic acids is 1. The molecular formula is C13H19NO5S2. The van der Waals surface area contributed by atoms with Crippen LogP contribution in [0.2, 0.25) is 0 Å². The molecule has 8 heteroatoms. The molecule has 0 aliphatic carbocycles. The van der Waals surface area contributed by atoms with E-state index >= 15 is 0 Å². The molecule has 6 nitrogen and oxygen atoms in total. The van der Waals surface area contributed by atoms with Crippen LogP contribution in [0.4, 0.5) is 0 Å². The van der Waals surface area contributed by atoms with E-state index in [0.29, 0.717) is 9.77 Å². The maximum absolute atomic E-state index is 12.8. The lowest BCUT2D eigenvalue weighted by Gasteiger charge is -2.43. The summed E-state index contributed by atoms with van der Waals surface area (Å²) in [6, 6.07) is 1.76. The van der Waals surface area contributed by atoms with E-state index in [1.54, 1.807) is 32.2 Å². The highest BCUT2D eigenvalue weighted by Crippen LogP contribution is 2.33. The smallest absolute Gasteiger partial charge is 0.306 e. The first-order valence-electron chi connectivity index (χ1n) is 6.55. The summed E-state index contributed by atoms with van der Waals surface area (Å²) in [5.74, 6) is -0.996. The summed E-state index contributed by atoms with van der Waals surface area (Å²) in [4.78, 5) is 10.8. The number of hydrogen-bond acceptors (Lipinski definition) is 5. The van der Waals surface area contributed by atoms with E-state index in [2.05, 4.69) is 0 Å². The second-order valence-corrected chi connectivity index (χ2v) is 8.74. The molecule has 0 saturated carbocycles. The molecule has 1 unspecified atom stereocenters. The van der Waals surface area contributed by atoms with E-state index in [0.717, 1.165) is 0 Å². The fourth-order valence-electron chi connectivity index (χ4n) is 2.34. The Morgan fingerprint density at radius 1 is 1.57 bits per heavy atom. The Balaban J connectivity index is 2.34. The van der Waals surface area contributed by atoms with E-state index in [-0.39, 0.29) is 19.6 Å². The van der Waals surface area contributed by atoms with Crippen LogP contribution in [-0.4, -0.2) is 48.6 Å². The molecule has 118 valence electrons. The molecule has 2 rings (SSSR count). The maximum atomic E-state index is 12.8. The maximum Gasteiger partial charge on any atom is 0.306 e. The van der Waals surface area contributed by atoms with Crippen molar-refractivity contribution in [3.8, 4) is 0 Å². The fourth-order valence-corrected chi connectivity index (χ4v) is 5.66. The van der Waals surface area contributed by atoms with Crippen LogP contribution in [-0.2, 0) is 19.6 Å². The molecule has 1 aliphatic rings. The summed E-state index contributed by atoms with van der Waals surface area (Å²) in [5.41, 5.74) is 0.00153. The summed E-state index contributed by atoms with van der Waals surface area (Å²) in [5, 5.41) is 10.6. The summed E-state index contributed by atoms with van der Waals surface area (Å²) in [6.07, 6.45) is -0.823. The molecule has 2 heterocycles. The van der Waals surface area contributed by atoms with Gasteiger partial charge in [-0.25, -0.2) is 8.42 Å².